The number of imidazole rings is 1. The molecule has 11 heteroatoms. The number of hydrogen-bond donors (Lipinski definition) is 2. The minimum atomic E-state index is -0.257. The third-order valence-electron chi connectivity index (χ3n) is 5.80. The molecule has 3 N–H and O–H groups in total. The smallest absolute Gasteiger partial charge is 0.320 e. The van der Waals surface area contributed by atoms with Crippen LogP contribution in [0.2, 0.25) is 0 Å². The number of hydrogen-bond acceptors (Lipinski definition) is 10. The number of esters is 1. The summed E-state index contributed by atoms with van der Waals surface area (Å²) in [4.78, 5) is 27.1. The first kappa shape index (κ1) is 24.7. The Morgan fingerprint density at radius 1 is 1.11 bits per heavy atom. The molecule has 1 fully saturated rings. The summed E-state index contributed by atoms with van der Waals surface area (Å²) < 4.78 is 17.8. The van der Waals surface area contributed by atoms with Crippen molar-refractivity contribution in [3.8, 4) is 12.0 Å². The van der Waals surface area contributed by atoms with E-state index in [9.17, 15) is 9.90 Å². The van der Waals surface area contributed by atoms with Crippen LogP contribution in [0.15, 0.2) is 24.3 Å². The second kappa shape index (κ2) is 11.8. The van der Waals surface area contributed by atoms with Crippen LogP contribution in [0.5, 0.6) is 12.0 Å². The molecule has 35 heavy (non-hydrogen) atoms. The van der Waals surface area contributed by atoms with Crippen LogP contribution in [-0.4, -0.2) is 81.6 Å². The van der Waals surface area contributed by atoms with Crippen LogP contribution in [-0.2, 0) is 27.2 Å². The number of aromatic nitrogens is 4. The lowest BCUT2D eigenvalue weighted by atomic mass is 10.1. The average Bonchev–Trinajstić information content (AvgIpc) is 3.17. The second-order valence-electron chi connectivity index (χ2n) is 8.43. The molecule has 0 saturated carbocycles. The Morgan fingerprint density at radius 2 is 1.86 bits per heavy atom. The van der Waals surface area contributed by atoms with Crippen molar-refractivity contribution in [2.75, 3.05) is 51.8 Å². The fourth-order valence-corrected chi connectivity index (χ4v) is 3.78. The number of anilines is 1. The molecule has 1 aliphatic heterocycles. The van der Waals surface area contributed by atoms with Crippen molar-refractivity contribution in [1.82, 2.24) is 24.4 Å². The van der Waals surface area contributed by atoms with Crippen molar-refractivity contribution >= 4 is 23.0 Å². The van der Waals surface area contributed by atoms with Crippen LogP contribution in [0.4, 0.5) is 5.82 Å². The number of unbranched alkanes of at least 4 members (excludes halogenated alkanes) is 1. The van der Waals surface area contributed by atoms with E-state index in [0.29, 0.717) is 30.9 Å². The molecule has 1 aromatic carbocycles. The number of carbonyl (C=O) groups is 1. The lowest BCUT2D eigenvalue weighted by Gasteiger charge is -2.26. The van der Waals surface area contributed by atoms with E-state index < -0.39 is 0 Å². The Balaban J connectivity index is 1.35. The van der Waals surface area contributed by atoms with Gasteiger partial charge in [-0.25, -0.2) is 0 Å². The van der Waals surface area contributed by atoms with Gasteiger partial charge in [0.1, 0.15) is 6.61 Å². The van der Waals surface area contributed by atoms with Crippen molar-refractivity contribution in [2.45, 2.75) is 32.7 Å². The van der Waals surface area contributed by atoms with Crippen LogP contribution in [0.3, 0.4) is 0 Å². The average molecular weight is 485 g/mol. The maximum absolute atomic E-state index is 12.2. The summed E-state index contributed by atoms with van der Waals surface area (Å²) in [6.45, 7) is 7.14. The van der Waals surface area contributed by atoms with Crippen LogP contribution in [0.25, 0.3) is 11.2 Å². The molecular formula is C24H32N6O5. The van der Waals surface area contributed by atoms with E-state index in [1.165, 1.54) is 0 Å². The molecule has 188 valence electrons. The predicted octanol–water partition coefficient (Wildman–Crippen LogP) is 1.76. The Morgan fingerprint density at radius 3 is 2.60 bits per heavy atom. The molecule has 11 nitrogen and oxygen atoms in total. The molecule has 0 bridgehead atoms. The van der Waals surface area contributed by atoms with E-state index in [2.05, 4.69) is 26.8 Å². The third kappa shape index (κ3) is 6.58. The number of aromatic hydroxyl groups is 1. The Hall–Kier alpha value is -3.44. The summed E-state index contributed by atoms with van der Waals surface area (Å²) >= 11 is 0. The van der Waals surface area contributed by atoms with Gasteiger partial charge in [0, 0.05) is 19.6 Å². The second-order valence-corrected chi connectivity index (χ2v) is 8.43. The van der Waals surface area contributed by atoms with Gasteiger partial charge in [-0.2, -0.15) is 15.0 Å². The third-order valence-corrected chi connectivity index (χ3v) is 5.80. The molecule has 0 aliphatic carbocycles. The quantitative estimate of drug-likeness (QED) is 0.306. The number of nitrogens with two attached hydrogens (primary N) is 1. The van der Waals surface area contributed by atoms with Crippen molar-refractivity contribution in [3.63, 3.8) is 0 Å². The Labute approximate surface area is 203 Å². The van der Waals surface area contributed by atoms with Crippen LogP contribution in [0.1, 0.15) is 30.9 Å². The zero-order valence-electron chi connectivity index (χ0n) is 20.0. The number of carbonyl (C=O) groups excluding carboxylic acids is 1. The molecule has 3 aromatic rings. The summed E-state index contributed by atoms with van der Waals surface area (Å²) in [5.74, 6) is -0.106. The summed E-state index contributed by atoms with van der Waals surface area (Å²) in [6.07, 6.45) is 2.06. The van der Waals surface area contributed by atoms with Crippen molar-refractivity contribution in [2.24, 2.45) is 0 Å². The van der Waals surface area contributed by atoms with E-state index >= 15 is 0 Å². The van der Waals surface area contributed by atoms with Gasteiger partial charge in [0.2, 0.25) is 0 Å². The minimum Gasteiger partial charge on any atom is -0.480 e. The number of nitrogens with zero attached hydrogens (tertiary/aromatic N) is 5. The van der Waals surface area contributed by atoms with Crippen LogP contribution < -0.4 is 10.5 Å². The number of fused-ring (bicyclic) bond motifs is 1. The standard InChI is InChI=1S/C24H32N6O5/c1-2-3-11-35-23-27-21(25)20-22(28-23)30(24(32)26-20)16-18-6-4-17(5-7-18)15-19(31)34-14-10-29-8-12-33-13-9-29/h4-7H,2-3,8-16H2,1H3,(H,26,32)(H2,25,27,28). The first-order valence-corrected chi connectivity index (χ1v) is 11.9. The lowest BCUT2D eigenvalue weighted by molar-refractivity contribution is -0.143. The largest absolute Gasteiger partial charge is 0.480 e. The molecule has 1 saturated heterocycles. The van der Waals surface area contributed by atoms with Gasteiger partial charge in [-0.15, -0.1) is 0 Å². The molecule has 4 rings (SSSR count). The Kier molecular flexibility index (Phi) is 8.32. The monoisotopic (exact) mass is 484 g/mol. The number of morpholine rings is 1. The number of ether oxygens (including phenoxy) is 3. The SMILES string of the molecule is CCCCOc1nc(N)c2nc(O)n(Cc3ccc(CC(=O)OCCN4CCOCC4)cc3)c2n1. The van der Waals surface area contributed by atoms with E-state index in [-0.39, 0.29) is 30.2 Å². The molecule has 3 heterocycles. The molecular weight excluding hydrogens is 452 g/mol. The van der Waals surface area contributed by atoms with Gasteiger partial charge in [0.05, 0.1) is 32.8 Å². The van der Waals surface area contributed by atoms with Crippen LogP contribution >= 0.6 is 0 Å². The molecule has 0 atom stereocenters. The summed E-state index contributed by atoms with van der Waals surface area (Å²) in [5, 5.41) is 10.4. The van der Waals surface area contributed by atoms with Gasteiger partial charge in [-0.3, -0.25) is 14.3 Å². The van der Waals surface area contributed by atoms with Crippen molar-refractivity contribution < 1.29 is 24.1 Å². The highest BCUT2D eigenvalue weighted by molar-refractivity contribution is 5.83. The fraction of sp³-hybridized carbons (Fsp3) is 0.500. The lowest BCUT2D eigenvalue weighted by Crippen LogP contribution is -2.38. The van der Waals surface area contributed by atoms with Crippen LogP contribution in [0, 0.1) is 0 Å². The molecule has 0 unspecified atom stereocenters. The molecule has 0 amide bonds. The summed E-state index contributed by atoms with van der Waals surface area (Å²) in [6, 6.07) is 7.48. The minimum absolute atomic E-state index is 0.151. The molecule has 0 radical (unpaired) electrons. The van der Waals surface area contributed by atoms with Gasteiger partial charge in [0.15, 0.2) is 17.0 Å². The molecule has 2 aromatic heterocycles. The number of nitrogen functional groups attached to an aromatic ring is 1. The highest BCUT2D eigenvalue weighted by Gasteiger charge is 2.17. The van der Waals surface area contributed by atoms with Gasteiger partial charge >= 0.3 is 12.0 Å². The summed E-state index contributed by atoms with van der Waals surface area (Å²) in [5.41, 5.74) is 8.48. The highest BCUT2D eigenvalue weighted by Crippen LogP contribution is 2.26. The van der Waals surface area contributed by atoms with E-state index in [1.54, 1.807) is 4.57 Å². The van der Waals surface area contributed by atoms with Gasteiger partial charge in [-0.1, -0.05) is 37.6 Å². The van der Waals surface area contributed by atoms with E-state index in [0.717, 1.165) is 56.8 Å². The first-order chi connectivity index (χ1) is 17.0. The highest BCUT2D eigenvalue weighted by atomic mass is 16.5. The maximum Gasteiger partial charge on any atom is 0.320 e. The van der Waals surface area contributed by atoms with E-state index in [1.807, 2.05) is 24.3 Å². The van der Waals surface area contributed by atoms with Gasteiger partial charge in [0.25, 0.3) is 6.01 Å². The molecule has 1 aliphatic rings. The van der Waals surface area contributed by atoms with E-state index in [4.69, 9.17) is 19.9 Å². The maximum atomic E-state index is 12.2. The first-order valence-electron chi connectivity index (χ1n) is 11.9. The zero-order chi connectivity index (χ0) is 24.6. The van der Waals surface area contributed by atoms with Gasteiger partial charge < -0.3 is 25.1 Å². The zero-order valence-corrected chi connectivity index (χ0v) is 20.0. The number of benzene rings is 1. The topological polar surface area (TPSA) is 138 Å². The fourth-order valence-electron chi connectivity index (χ4n) is 3.78. The Bertz CT molecular complexity index is 1130. The van der Waals surface area contributed by atoms with Crippen molar-refractivity contribution in [3.05, 3.63) is 35.4 Å². The van der Waals surface area contributed by atoms with Crippen molar-refractivity contribution in [1.29, 1.82) is 0 Å². The molecule has 0 spiro atoms. The number of rotatable bonds is 11. The normalized spacial score (nSPS) is 14.3. The predicted molar refractivity (Wildman–Crippen MR) is 129 cm³/mol. The van der Waals surface area contributed by atoms with Gasteiger partial charge in [-0.05, 0) is 17.5 Å². The summed E-state index contributed by atoms with van der Waals surface area (Å²) in [7, 11) is 0.